The zero-order chi connectivity index (χ0) is 42.2. The summed E-state index contributed by atoms with van der Waals surface area (Å²) in [5.74, 6) is 0. The van der Waals surface area contributed by atoms with Crippen LogP contribution in [0.2, 0.25) is 0 Å². The molecule has 0 saturated carbocycles. The van der Waals surface area contributed by atoms with Crippen LogP contribution in [-0.4, -0.2) is 0 Å². The zero-order valence-corrected chi connectivity index (χ0v) is 34.8. The van der Waals surface area contributed by atoms with Crippen LogP contribution in [0.25, 0.3) is 77.3 Å². The quantitative estimate of drug-likeness (QED) is 0.160. The number of para-hydroxylation sites is 2. The molecule has 0 amide bonds. The average Bonchev–Trinajstić information content (AvgIpc) is 4.03. The third-order valence-corrected chi connectivity index (χ3v) is 13.4. The van der Waals surface area contributed by atoms with Crippen molar-refractivity contribution in [1.29, 1.82) is 0 Å². The Labute approximate surface area is 370 Å². The van der Waals surface area contributed by atoms with Crippen molar-refractivity contribution in [3.8, 4) is 33.4 Å². The summed E-state index contributed by atoms with van der Waals surface area (Å²) in [6.07, 6.45) is 0. The van der Waals surface area contributed by atoms with Crippen molar-refractivity contribution in [3.63, 3.8) is 0 Å². The highest BCUT2D eigenvalue weighted by Crippen LogP contribution is 2.56. The van der Waals surface area contributed by atoms with E-state index in [1.54, 1.807) is 0 Å². The first-order valence-electron chi connectivity index (χ1n) is 21.9. The Hall–Kier alpha value is -8.40. The van der Waals surface area contributed by atoms with Gasteiger partial charge in [0, 0.05) is 50.7 Å². The lowest BCUT2D eigenvalue weighted by Crippen LogP contribution is -2.28. The summed E-state index contributed by atoms with van der Waals surface area (Å²) < 4.78 is 12.8. The van der Waals surface area contributed by atoms with E-state index in [0.29, 0.717) is 0 Å². The highest BCUT2D eigenvalue weighted by molar-refractivity contribution is 6.08. The molecule has 1 aliphatic rings. The van der Waals surface area contributed by atoms with E-state index in [9.17, 15) is 0 Å². The summed E-state index contributed by atoms with van der Waals surface area (Å²) in [6, 6.07) is 85.3. The summed E-state index contributed by atoms with van der Waals surface area (Å²) in [7, 11) is 0. The lowest BCUT2D eigenvalue weighted by atomic mass is 9.67. The molecule has 0 radical (unpaired) electrons. The first-order chi connectivity index (χ1) is 31.7. The minimum Gasteiger partial charge on any atom is -0.456 e. The number of fused-ring (bicyclic) bond motifs is 9. The molecule has 0 unspecified atom stereocenters. The second-order valence-corrected chi connectivity index (χ2v) is 16.8. The molecule has 1 aliphatic carbocycles. The van der Waals surface area contributed by atoms with Gasteiger partial charge in [0.05, 0.1) is 5.41 Å². The first-order valence-corrected chi connectivity index (χ1v) is 21.9. The number of hydrogen-bond acceptors (Lipinski definition) is 3. The van der Waals surface area contributed by atoms with Crippen LogP contribution in [0.5, 0.6) is 0 Å². The molecule has 64 heavy (non-hydrogen) atoms. The van der Waals surface area contributed by atoms with E-state index in [4.69, 9.17) is 8.83 Å². The van der Waals surface area contributed by atoms with Gasteiger partial charge in [0.2, 0.25) is 0 Å². The summed E-state index contributed by atoms with van der Waals surface area (Å²) in [4.78, 5) is 2.28. The normalized spacial score (nSPS) is 12.8. The van der Waals surface area contributed by atoms with E-state index < -0.39 is 5.41 Å². The van der Waals surface area contributed by atoms with Gasteiger partial charge >= 0.3 is 0 Å². The van der Waals surface area contributed by atoms with Crippen LogP contribution in [0.1, 0.15) is 22.3 Å². The largest absolute Gasteiger partial charge is 0.456 e. The van der Waals surface area contributed by atoms with Crippen LogP contribution in [0, 0.1) is 0 Å². The fraction of sp³-hybridized carbons (Fsp3) is 0.0164. The molecular formula is C61H39NO2. The lowest BCUT2D eigenvalue weighted by Gasteiger charge is -2.34. The smallest absolute Gasteiger partial charge is 0.137 e. The van der Waals surface area contributed by atoms with Crippen molar-refractivity contribution >= 4 is 60.9 Å². The Balaban J connectivity index is 0.865. The molecule has 2 aromatic heterocycles. The van der Waals surface area contributed by atoms with Crippen LogP contribution in [0.15, 0.2) is 245 Å². The Morgan fingerprint density at radius 3 is 1.30 bits per heavy atom. The molecule has 3 nitrogen and oxygen atoms in total. The zero-order valence-electron chi connectivity index (χ0n) is 34.8. The van der Waals surface area contributed by atoms with E-state index in [1.807, 2.05) is 24.3 Å². The highest BCUT2D eigenvalue weighted by Gasteiger charge is 2.45. The molecule has 2 heterocycles. The summed E-state index contributed by atoms with van der Waals surface area (Å²) in [6.45, 7) is 0. The van der Waals surface area contributed by atoms with Gasteiger partial charge in [-0.25, -0.2) is 0 Å². The monoisotopic (exact) mass is 817 g/mol. The predicted molar refractivity (Wildman–Crippen MR) is 264 cm³/mol. The highest BCUT2D eigenvalue weighted by atomic mass is 16.3. The van der Waals surface area contributed by atoms with E-state index >= 15 is 0 Å². The second-order valence-electron chi connectivity index (χ2n) is 16.8. The SMILES string of the molecule is c1ccc(C2(c3cccc(-c4ccc(-c5ccc(N(c6ccc7c(c6)oc6ccccc67)c6ccc7c(c6)oc6ccccc67)cc5)cc4)c3)c3ccccc3-c3ccccc32)cc1. The molecule has 0 atom stereocenters. The van der Waals surface area contributed by atoms with Crippen LogP contribution in [0.3, 0.4) is 0 Å². The first kappa shape index (κ1) is 36.3. The maximum absolute atomic E-state index is 6.38. The molecular weight excluding hydrogens is 779 g/mol. The molecule has 0 bridgehead atoms. The maximum Gasteiger partial charge on any atom is 0.137 e. The molecule has 0 N–H and O–H groups in total. The van der Waals surface area contributed by atoms with Crippen LogP contribution >= 0.6 is 0 Å². The molecule has 0 spiro atoms. The van der Waals surface area contributed by atoms with Crippen molar-refractivity contribution in [1.82, 2.24) is 0 Å². The van der Waals surface area contributed by atoms with Gasteiger partial charge in [-0.3, -0.25) is 0 Å². The third kappa shape index (κ3) is 5.54. The van der Waals surface area contributed by atoms with Gasteiger partial charge in [0.15, 0.2) is 0 Å². The third-order valence-electron chi connectivity index (χ3n) is 13.4. The van der Waals surface area contributed by atoms with Crippen LogP contribution < -0.4 is 4.90 Å². The van der Waals surface area contributed by atoms with Crippen molar-refractivity contribution in [3.05, 3.63) is 259 Å². The Kier molecular flexibility index (Phi) is 8.13. The number of hydrogen-bond donors (Lipinski definition) is 0. The molecule has 0 aliphatic heterocycles. The van der Waals surface area contributed by atoms with E-state index in [1.165, 1.54) is 44.5 Å². The summed E-state index contributed by atoms with van der Waals surface area (Å²) >= 11 is 0. The minimum absolute atomic E-state index is 0.435. The lowest BCUT2D eigenvalue weighted by molar-refractivity contribution is 0.669. The predicted octanol–water partition coefficient (Wildman–Crippen LogP) is 16.7. The van der Waals surface area contributed by atoms with Crippen molar-refractivity contribution in [2.24, 2.45) is 0 Å². The molecule has 0 fully saturated rings. The second kappa shape index (κ2) is 14.3. The van der Waals surface area contributed by atoms with E-state index in [2.05, 4.69) is 217 Å². The number of furan rings is 2. The average molecular weight is 818 g/mol. The molecule has 300 valence electrons. The van der Waals surface area contributed by atoms with Gasteiger partial charge in [-0.05, 0) is 110 Å². The Bertz CT molecular complexity index is 3570. The van der Waals surface area contributed by atoms with Gasteiger partial charge in [0.1, 0.15) is 22.3 Å². The van der Waals surface area contributed by atoms with E-state index in [-0.39, 0.29) is 0 Å². The molecule has 10 aromatic carbocycles. The van der Waals surface area contributed by atoms with Crippen molar-refractivity contribution < 1.29 is 8.83 Å². The van der Waals surface area contributed by atoms with Gasteiger partial charge in [-0.2, -0.15) is 0 Å². The summed E-state index contributed by atoms with van der Waals surface area (Å²) in [5.41, 5.74) is 18.5. The fourth-order valence-electron chi connectivity index (χ4n) is 10.5. The minimum atomic E-state index is -0.435. The van der Waals surface area contributed by atoms with Crippen LogP contribution in [-0.2, 0) is 5.41 Å². The Morgan fingerprint density at radius 2 is 0.719 bits per heavy atom. The number of anilines is 3. The van der Waals surface area contributed by atoms with Crippen LogP contribution in [0.4, 0.5) is 17.1 Å². The van der Waals surface area contributed by atoms with Gasteiger partial charge in [0.25, 0.3) is 0 Å². The standard InChI is InChI=1S/C61H39NO2/c1-2-14-44(15-3-1)61(55-21-8-4-17-49(55)50-18-5-9-22-56(50)61)45-16-12-13-43(37-45)42-27-25-40(26-28-42)41-29-31-46(32-30-41)62(47-33-35-53-51-19-6-10-23-57(51)63-59(53)38-47)48-34-36-54-52-20-7-11-24-58(52)64-60(54)39-48/h1-39H. The van der Waals surface area contributed by atoms with Crippen molar-refractivity contribution in [2.45, 2.75) is 5.41 Å². The number of benzene rings is 10. The van der Waals surface area contributed by atoms with Gasteiger partial charge < -0.3 is 13.7 Å². The maximum atomic E-state index is 6.38. The molecule has 13 rings (SSSR count). The fourth-order valence-corrected chi connectivity index (χ4v) is 10.5. The van der Waals surface area contributed by atoms with Gasteiger partial charge in [-0.15, -0.1) is 0 Å². The van der Waals surface area contributed by atoms with Crippen molar-refractivity contribution in [2.75, 3.05) is 4.90 Å². The molecule has 12 aromatic rings. The topological polar surface area (TPSA) is 29.5 Å². The number of rotatable bonds is 7. The summed E-state index contributed by atoms with van der Waals surface area (Å²) in [5, 5.41) is 4.43. The Morgan fingerprint density at radius 1 is 0.281 bits per heavy atom. The number of nitrogens with zero attached hydrogens (tertiary/aromatic N) is 1. The molecule has 3 heteroatoms. The molecule has 0 saturated heterocycles. The van der Waals surface area contributed by atoms with E-state index in [0.717, 1.165) is 72.1 Å². The van der Waals surface area contributed by atoms with Gasteiger partial charge in [-0.1, -0.05) is 170 Å².